The van der Waals surface area contributed by atoms with Gasteiger partial charge in [0.2, 0.25) is 0 Å². The Labute approximate surface area is 107 Å². The van der Waals surface area contributed by atoms with Gasteiger partial charge in [0.05, 0.1) is 0 Å². The van der Waals surface area contributed by atoms with Gasteiger partial charge in [-0.05, 0) is 31.8 Å². The highest BCUT2D eigenvalue weighted by molar-refractivity contribution is 5.33. The van der Waals surface area contributed by atoms with E-state index in [1.807, 2.05) is 13.8 Å². The Hall–Kier alpha value is -1.36. The first-order chi connectivity index (χ1) is 8.65. The van der Waals surface area contributed by atoms with Crippen LogP contribution in [0.15, 0.2) is 10.9 Å². The Morgan fingerprint density at radius 3 is 3.06 bits per heavy atom. The molecule has 18 heavy (non-hydrogen) atoms. The van der Waals surface area contributed by atoms with Crippen LogP contribution in [0.2, 0.25) is 0 Å². The van der Waals surface area contributed by atoms with Gasteiger partial charge in [0.1, 0.15) is 11.6 Å². The number of hydrogen-bond acceptors (Lipinski definition) is 4. The Kier molecular flexibility index (Phi) is 4.36. The minimum absolute atomic E-state index is 0.0852. The maximum absolute atomic E-state index is 11.5. The summed E-state index contributed by atoms with van der Waals surface area (Å²) < 4.78 is 0. The van der Waals surface area contributed by atoms with Gasteiger partial charge in [0, 0.05) is 18.5 Å². The predicted octanol–water partition coefficient (Wildman–Crippen LogP) is 1.30. The van der Waals surface area contributed by atoms with Crippen LogP contribution in [0.1, 0.15) is 38.4 Å². The fraction of sp³-hybridized carbons (Fsp3) is 0.692. The zero-order valence-corrected chi connectivity index (χ0v) is 11.1. The van der Waals surface area contributed by atoms with Gasteiger partial charge < -0.3 is 15.6 Å². The largest absolute Gasteiger partial charge is 0.370 e. The van der Waals surface area contributed by atoms with E-state index in [2.05, 4.69) is 20.6 Å². The maximum atomic E-state index is 11.5. The molecule has 0 spiro atoms. The molecule has 1 saturated heterocycles. The van der Waals surface area contributed by atoms with Crippen LogP contribution in [0.4, 0.5) is 5.82 Å². The van der Waals surface area contributed by atoms with Gasteiger partial charge in [0.25, 0.3) is 5.56 Å². The van der Waals surface area contributed by atoms with Gasteiger partial charge in [-0.3, -0.25) is 4.79 Å². The molecule has 100 valence electrons. The molecular formula is C13H22N4O. The molecular weight excluding hydrogens is 228 g/mol. The monoisotopic (exact) mass is 250 g/mol. The average molecular weight is 250 g/mol. The molecule has 1 fully saturated rings. The van der Waals surface area contributed by atoms with Crippen LogP contribution in [0.25, 0.3) is 0 Å². The molecule has 0 aromatic carbocycles. The van der Waals surface area contributed by atoms with Crippen LogP contribution in [0.5, 0.6) is 0 Å². The summed E-state index contributed by atoms with van der Waals surface area (Å²) in [7, 11) is 0. The lowest BCUT2D eigenvalue weighted by Crippen LogP contribution is -2.33. The van der Waals surface area contributed by atoms with Gasteiger partial charge in [-0.25, -0.2) is 4.98 Å². The number of anilines is 1. The zero-order chi connectivity index (χ0) is 13.0. The van der Waals surface area contributed by atoms with Gasteiger partial charge in [-0.15, -0.1) is 0 Å². The highest BCUT2D eigenvalue weighted by atomic mass is 16.1. The molecule has 3 N–H and O–H groups in total. The molecule has 1 unspecified atom stereocenters. The minimum atomic E-state index is -0.0852. The first-order valence-corrected chi connectivity index (χ1v) is 6.71. The van der Waals surface area contributed by atoms with E-state index in [9.17, 15) is 4.79 Å². The van der Waals surface area contributed by atoms with E-state index in [1.165, 1.54) is 18.9 Å². The first kappa shape index (κ1) is 13.1. The lowest BCUT2D eigenvalue weighted by molar-refractivity contribution is 0.392. The number of aromatic nitrogens is 2. The SMILES string of the molecule is CC(C)c1nc(NCC2CCCNC2)cc(=O)[nH]1. The topological polar surface area (TPSA) is 69.8 Å². The normalized spacial score (nSPS) is 20.1. The van der Waals surface area contributed by atoms with Gasteiger partial charge >= 0.3 is 0 Å². The van der Waals surface area contributed by atoms with Crippen LogP contribution < -0.4 is 16.2 Å². The number of H-pyrrole nitrogens is 1. The lowest BCUT2D eigenvalue weighted by atomic mass is 10.00. The van der Waals surface area contributed by atoms with Crippen molar-refractivity contribution < 1.29 is 0 Å². The number of nitrogens with one attached hydrogen (secondary N) is 3. The number of nitrogens with zero attached hydrogens (tertiary/aromatic N) is 1. The molecule has 0 bridgehead atoms. The van der Waals surface area contributed by atoms with Crippen molar-refractivity contribution >= 4 is 5.82 Å². The molecule has 2 heterocycles. The maximum Gasteiger partial charge on any atom is 0.252 e. The quantitative estimate of drug-likeness (QED) is 0.753. The third kappa shape index (κ3) is 3.57. The highest BCUT2D eigenvalue weighted by Gasteiger charge is 2.13. The third-order valence-corrected chi connectivity index (χ3v) is 3.28. The van der Waals surface area contributed by atoms with E-state index in [0.29, 0.717) is 11.7 Å². The molecule has 5 heteroatoms. The molecule has 1 aromatic heterocycles. The van der Waals surface area contributed by atoms with Crippen molar-refractivity contribution in [2.24, 2.45) is 5.92 Å². The van der Waals surface area contributed by atoms with E-state index in [1.54, 1.807) is 0 Å². The Morgan fingerprint density at radius 2 is 2.39 bits per heavy atom. The second kappa shape index (κ2) is 6.00. The fourth-order valence-corrected chi connectivity index (χ4v) is 2.19. The van der Waals surface area contributed by atoms with Crippen molar-refractivity contribution in [3.63, 3.8) is 0 Å². The van der Waals surface area contributed by atoms with Crippen molar-refractivity contribution in [1.29, 1.82) is 0 Å². The zero-order valence-electron chi connectivity index (χ0n) is 11.1. The molecule has 0 aliphatic carbocycles. The summed E-state index contributed by atoms with van der Waals surface area (Å²) in [5.74, 6) is 2.29. The van der Waals surface area contributed by atoms with Crippen LogP contribution in [-0.4, -0.2) is 29.6 Å². The summed E-state index contributed by atoms with van der Waals surface area (Å²) in [5.41, 5.74) is -0.0852. The Bertz CT molecular complexity index is 435. The van der Waals surface area contributed by atoms with Crippen molar-refractivity contribution in [2.45, 2.75) is 32.6 Å². The fourth-order valence-electron chi connectivity index (χ4n) is 2.19. The summed E-state index contributed by atoms with van der Waals surface area (Å²) in [6.45, 7) is 7.09. The second-order valence-electron chi connectivity index (χ2n) is 5.26. The molecule has 5 nitrogen and oxygen atoms in total. The van der Waals surface area contributed by atoms with Crippen LogP contribution in [-0.2, 0) is 0 Å². The summed E-state index contributed by atoms with van der Waals surface area (Å²) in [4.78, 5) is 18.7. The molecule has 0 radical (unpaired) electrons. The van der Waals surface area contributed by atoms with Gasteiger partial charge in [0.15, 0.2) is 0 Å². The molecule has 0 amide bonds. The summed E-state index contributed by atoms with van der Waals surface area (Å²) >= 11 is 0. The van der Waals surface area contributed by atoms with Crippen molar-refractivity contribution in [3.05, 3.63) is 22.2 Å². The molecule has 1 atom stereocenters. The standard InChI is InChI=1S/C13H22N4O/c1-9(2)13-16-11(6-12(18)17-13)15-8-10-4-3-5-14-7-10/h6,9-10,14H,3-5,7-8H2,1-2H3,(H2,15,16,17,18). The smallest absolute Gasteiger partial charge is 0.252 e. The van der Waals surface area contributed by atoms with E-state index in [-0.39, 0.29) is 11.5 Å². The van der Waals surface area contributed by atoms with E-state index in [4.69, 9.17) is 0 Å². The van der Waals surface area contributed by atoms with E-state index >= 15 is 0 Å². The van der Waals surface area contributed by atoms with Crippen molar-refractivity contribution in [3.8, 4) is 0 Å². The first-order valence-electron chi connectivity index (χ1n) is 6.71. The number of hydrogen-bond donors (Lipinski definition) is 3. The number of piperidine rings is 1. The van der Waals surface area contributed by atoms with Gasteiger partial charge in [-0.2, -0.15) is 0 Å². The summed E-state index contributed by atoms with van der Waals surface area (Å²) in [6, 6.07) is 1.53. The van der Waals surface area contributed by atoms with Gasteiger partial charge in [-0.1, -0.05) is 13.8 Å². The lowest BCUT2D eigenvalue weighted by Gasteiger charge is -2.23. The highest BCUT2D eigenvalue weighted by Crippen LogP contribution is 2.12. The van der Waals surface area contributed by atoms with Crippen LogP contribution in [0.3, 0.4) is 0 Å². The molecule has 1 aliphatic rings. The average Bonchev–Trinajstić information content (AvgIpc) is 2.37. The number of aromatic amines is 1. The third-order valence-electron chi connectivity index (χ3n) is 3.28. The predicted molar refractivity (Wildman–Crippen MR) is 73.0 cm³/mol. The minimum Gasteiger partial charge on any atom is -0.370 e. The number of rotatable bonds is 4. The Morgan fingerprint density at radius 1 is 1.56 bits per heavy atom. The van der Waals surface area contributed by atoms with Crippen molar-refractivity contribution in [2.75, 3.05) is 25.0 Å². The second-order valence-corrected chi connectivity index (χ2v) is 5.26. The molecule has 1 aliphatic heterocycles. The van der Waals surface area contributed by atoms with E-state index < -0.39 is 0 Å². The van der Waals surface area contributed by atoms with Crippen LogP contribution in [0, 0.1) is 5.92 Å². The molecule has 1 aromatic rings. The summed E-state index contributed by atoms with van der Waals surface area (Å²) in [5, 5.41) is 6.66. The molecule has 2 rings (SSSR count). The summed E-state index contributed by atoms with van der Waals surface area (Å²) in [6.07, 6.45) is 2.46. The Balaban J connectivity index is 1.97. The van der Waals surface area contributed by atoms with Crippen LogP contribution >= 0.6 is 0 Å². The molecule has 0 saturated carbocycles. The van der Waals surface area contributed by atoms with E-state index in [0.717, 1.165) is 25.5 Å². The van der Waals surface area contributed by atoms with Crippen molar-refractivity contribution in [1.82, 2.24) is 15.3 Å².